The molecule has 3 heterocycles. The number of hydrogen-bond donors (Lipinski definition) is 2. The summed E-state index contributed by atoms with van der Waals surface area (Å²) >= 11 is 1.57. The Kier molecular flexibility index (Phi) is 7.04. The maximum absolute atomic E-state index is 12.2. The van der Waals surface area contributed by atoms with Gasteiger partial charge >= 0.3 is 5.97 Å². The quantitative estimate of drug-likeness (QED) is 0.369. The number of carbonyl (C=O) groups is 1. The number of aromatic amines is 1. The number of methoxy groups -OCH3 is 1. The van der Waals surface area contributed by atoms with Crippen molar-refractivity contribution in [2.45, 2.75) is 30.0 Å². The van der Waals surface area contributed by atoms with E-state index in [0.29, 0.717) is 22.8 Å². The second kappa shape index (κ2) is 10.3. The van der Waals surface area contributed by atoms with E-state index in [1.807, 2.05) is 36.4 Å². The highest BCUT2D eigenvalue weighted by Gasteiger charge is 2.36. The fourth-order valence-corrected chi connectivity index (χ4v) is 4.65. The molecule has 0 saturated heterocycles. The summed E-state index contributed by atoms with van der Waals surface area (Å²) in [5.74, 6) is 0.563. The number of fused-ring (bicyclic) bond motifs is 1. The molecule has 1 atom stereocenters. The maximum Gasteiger partial charge on any atom is 0.311 e. The van der Waals surface area contributed by atoms with Crippen LogP contribution in [0.2, 0.25) is 0 Å². The van der Waals surface area contributed by atoms with Gasteiger partial charge in [0, 0.05) is 17.5 Å². The van der Waals surface area contributed by atoms with Crippen LogP contribution in [0.25, 0.3) is 0 Å². The summed E-state index contributed by atoms with van der Waals surface area (Å²) in [6.07, 6.45) is 1.71. The molecule has 9 nitrogen and oxygen atoms in total. The molecule has 1 aliphatic heterocycles. The van der Waals surface area contributed by atoms with Crippen molar-refractivity contribution in [2.75, 3.05) is 13.7 Å². The molecule has 34 heavy (non-hydrogen) atoms. The van der Waals surface area contributed by atoms with Gasteiger partial charge < -0.3 is 19.9 Å². The number of benzene rings is 1. The molecule has 3 aromatic rings. The lowest BCUT2D eigenvalue weighted by Crippen LogP contribution is -2.22. The molecule has 4 rings (SSSR count). The minimum absolute atomic E-state index is 0.0191. The fraction of sp³-hybridized carbons (Fsp3) is 0.250. The number of rotatable bonds is 8. The Labute approximate surface area is 200 Å². The Morgan fingerprint density at radius 3 is 2.91 bits per heavy atom. The van der Waals surface area contributed by atoms with Gasteiger partial charge in [-0.25, -0.2) is 4.98 Å². The number of aromatic nitrogens is 3. The number of nitrogens with zero attached hydrogens (tertiary/aromatic N) is 3. The van der Waals surface area contributed by atoms with Crippen molar-refractivity contribution < 1.29 is 19.0 Å². The zero-order valence-corrected chi connectivity index (χ0v) is 19.5. The minimum Gasteiger partial charge on any atom is -0.496 e. The lowest BCUT2D eigenvalue weighted by Gasteiger charge is -2.24. The van der Waals surface area contributed by atoms with Crippen LogP contribution < -0.4 is 15.2 Å². The van der Waals surface area contributed by atoms with Gasteiger partial charge in [0.05, 0.1) is 42.3 Å². The molecule has 0 amide bonds. The number of hydrogen-bond acceptors (Lipinski definition) is 9. The molecule has 1 aliphatic rings. The van der Waals surface area contributed by atoms with Crippen molar-refractivity contribution in [1.29, 1.82) is 5.26 Å². The summed E-state index contributed by atoms with van der Waals surface area (Å²) in [4.78, 5) is 16.5. The van der Waals surface area contributed by atoms with Gasteiger partial charge in [0.1, 0.15) is 17.4 Å². The van der Waals surface area contributed by atoms with Crippen molar-refractivity contribution in [3.05, 3.63) is 76.4 Å². The second-order valence-corrected chi connectivity index (χ2v) is 8.35. The average molecular weight is 478 g/mol. The Balaban J connectivity index is 1.74. The average Bonchev–Trinajstić information content (AvgIpc) is 3.24. The van der Waals surface area contributed by atoms with E-state index in [1.165, 1.54) is 0 Å². The monoisotopic (exact) mass is 477 g/mol. The molecule has 2 aromatic heterocycles. The van der Waals surface area contributed by atoms with Gasteiger partial charge in [0.25, 0.3) is 0 Å². The van der Waals surface area contributed by atoms with Gasteiger partial charge in [-0.05, 0) is 30.7 Å². The number of thioether (sulfide) groups is 1. The van der Waals surface area contributed by atoms with Gasteiger partial charge in [0.2, 0.25) is 11.8 Å². The first kappa shape index (κ1) is 23.2. The van der Waals surface area contributed by atoms with Crippen LogP contribution in [-0.4, -0.2) is 34.9 Å². The van der Waals surface area contributed by atoms with E-state index < -0.39 is 11.9 Å². The SMILES string of the molecule is CCOC(=O)Cc1[nH]nc2c1C(c1ccc(OC)c(CSc3ccccn3)c1)C(C#N)=C(N)O2. The highest BCUT2D eigenvalue weighted by atomic mass is 32.2. The number of nitriles is 1. The van der Waals surface area contributed by atoms with E-state index in [1.54, 1.807) is 32.0 Å². The number of carbonyl (C=O) groups excluding carboxylic acids is 1. The van der Waals surface area contributed by atoms with Gasteiger partial charge in [-0.3, -0.25) is 9.89 Å². The van der Waals surface area contributed by atoms with E-state index in [9.17, 15) is 10.1 Å². The molecule has 174 valence electrons. The molecule has 0 radical (unpaired) electrons. The number of nitrogens with one attached hydrogen (secondary N) is 1. The zero-order chi connectivity index (χ0) is 24.1. The number of esters is 1. The van der Waals surface area contributed by atoms with Crippen LogP contribution in [0.4, 0.5) is 0 Å². The molecule has 1 aromatic carbocycles. The highest BCUT2D eigenvalue weighted by molar-refractivity contribution is 7.98. The largest absolute Gasteiger partial charge is 0.496 e. The number of allylic oxidation sites excluding steroid dienone is 1. The van der Waals surface area contributed by atoms with Gasteiger partial charge in [-0.1, -0.05) is 18.2 Å². The predicted molar refractivity (Wildman–Crippen MR) is 125 cm³/mol. The lowest BCUT2D eigenvalue weighted by molar-refractivity contribution is -0.142. The van der Waals surface area contributed by atoms with Crippen LogP contribution in [0.1, 0.15) is 35.2 Å². The summed E-state index contributed by atoms with van der Waals surface area (Å²) in [6, 6.07) is 13.6. The van der Waals surface area contributed by atoms with Crippen LogP contribution in [0.5, 0.6) is 11.6 Å². The minimum atomic E-state index is -0.568. The van der Waals surface area contributed by atoms with E-state index in [-0.39, 0.29) is 30.4 Å². The number of pyridine rings is 1. The Morgan fingerprint density at radius 2 is 2.21 bits per heavy atom. The van der Waals surface area contributed by atoms with Gasteiger partial charge in [-0.15, -0.1) is 16.9 Å². The molecular formula is C24H23N5O4S. The van der Waals surface area contributed by atoms with Crippen LogP contribution in [-0.2, 0) is 21.7 Å². The number of H-pyrrole nitrogens is 1. The Hall–Kier alpha value is -3.97. The summed E-state index contributed by atoms with van der Waals surface area (Å²) in [5.41, 5.74) is 9.14. The summed E-state index contributed by atoms with van der Waals surface area (Å²) in [5, 5.41) is 17.8. The Bertz CT molecular complexity index is 1270. The van der Waals surface area contributed by atoms with Crippen molar-refractivity contribution in [3.63, 3.8) is 0 Å². The van der Waals surface area contributed by atoms with E-state index in [0.717, 1.165) is 16.2 Å². The molecule has 10 heteroatoms. The normalized spacial score (nSPS) is 14.7. The highest BCUT2D eigenvalue weighted by Crippen LogP contribution is 2.44. The van der Waals surface area contributed by atoms with E-state index in [2.05, 4.69) is 21.3 Å². The lowest BCUT2D eigenvalue weighted by atomic mass is 9.83. The summed E-state index contributed by atoms with van der Waals surface area (Å²) in [6.45, 7) is 2.01. The topological polar surface area (TPSA) is 136 Å². The fourth-order valence-electron chi connectivity index (χ4n) is 3.81. The third-order valence-electron chi connectivity index (χ3n) is 5.30. The molecule has 3 N–H and O–H groups in total. The molecule has 0 fully saturated rings. The van der Waals surface area contributed by atoms with Gasteiger partial charge in [-0.2, -0.15) is 5.26 Å². The first-order valence-corrected chi connectivity index (χ1v) is 11.5. The van der Waals surface area contributed by atoms with Crippen molar-refractivity contribution >= 4 is 17.7 Å². The smallest absolute Gasteiger partial charge is 0.311 e. The van der Waals surface area contributed by atoms with Crippen molar-refractivity contribution in [3.8, 4) is 17.7 Å². The molecule has 1 unspecified atom stereocenters. The van der Waals surface area contributed by atoms with Gasteiger partial charge in [0.15, 0.2) is 0 Å². The molecular weight excluding hydrogens is 454 g/mol. The van der Waals surface area contributed by atoms with Crippen molar-refractivity contribution in [2.24, 2.45) is 5.73 Å². The standard InChI is InChI=1S/C24H23N5O4S/c1-3-32-20(30)11-17-22-21(16(12-25)23(26)33-24(22)29-28-17)14-7-8-18(31-2)15(10-14)13-34-19-6-4-5-9-27-19/h4-10,21H,3,11,13,26H2,1-2H3,(H,28,29). The van der Waals surface area contributed by atoms with E-state index in [4.69, 9.17) is 19.9 Å². The third-order valence-corrected chi connectivity index (χ3v) is 6.29. The third kappa shape index (κ3) is 4.70. The summed E-state index contributed by atoms with van der Waals surface area (Å²) < 4.78 is 16.3. The number of nitrogens with two attached hydrogens (primary N) is 1. The molecule has 0 aliphatic carbocycles. The first-order valence-electron chi connectivity index (χ1n) is 10.6. The molecule has 0 spiro atoms. The maximum atomic E-state index is 12.2. The van der Waals surface area contributed by atoms with Crippen LogP contribution in [0.15, 0.2) is 59.1 Å². The zero-order valence-electron chi connectivity index (χ0n) is 18.7. The predicted octanol–water partition coefficient (Wildman–Crippen LogP) is 3.43. The molecule has 0 saturated carbocycles. The summed E-state index contributed by atoms with van der Waals surface area (Å²) in [7, 11) is 1.61. The second-order valence-electron chi connectivity index (χ2n) is 7.36. The van der Waals surface area contributed by atoms with Crippen LogP contribution >= 0.6 is 11.8 Å². The number of ether oxygens (including phenoxy) is 3. The van der Waals surface area contributed by atoms with E-state index >= 15 is 0 Å². The molecule has 0 bridgehead atoms. The Morgan fingerprint density at radius 1 is 1.35 bits per heavy atom. The first-order chi connectivity index (χ1) is 16.5. The van der Waals surface area contributed by atoms with Crippen LogP contribution in [0.3, 0.4) is 0 Å². The van der Waals surface area contributed by atoms with Crippen molar-refractivity contribution in [1.82, 2.24) is 15.2 Å². The van der Waals surface area contributed by atoms with Crippen LogP contribution in [0, 0.1) is 11.3 Å².